The maximum atomic E-state index is 13.3. The number of carbonyl (C=O) groups is 2. The molecule has 1 fully saturated rings. The molecule has 1 aromatic heterocycles. The van der Waals surface area contributed by atoms with Gasteiger partial charge in [-0.3, -0.25) is 14.5 Å². The predicted octanol–water partition coefficient (Wildman–Crippen LogP) is 4.64. The largest absolute Gasteiger partial charge is 0.338 e. The lowest BCUT2D eigenvalue weighted by Gasteiger charge is -2.39. The SMILES string of the molecule is Cc1ccccc1[C@@H]1c2ccsc2CCN1CC(=O)N1CCN(C(=O)c2ccc(Cl)cc2)CC1. The molecule has 0 spiro atoms. The summed E-state index contributed by atoms with van der Waals surface area (Å²) in [5.74, 6) is 0.125. The summed E-state index contributed by atoms with van der Waals surface area (Å²) in [7, 11) is 0. The molecule has 0 aliphatic carbocycles. The Labute approximate surface area is 209 Å². The van der Waals surface area contributed by atoms with E-state index >= 15 is 0 Å². The first-order valence-corrected chi connectivity index (χ1v) is 13.0. The summed E-state index contributed by atoms with van der Waals surface area (Å²) in [5, 5.41) is 2.78. The molecule has 2 aromatic carbocycles. The Kier molecular flexibility index (Phi) is 6.73. The van der Waals surface area contributed by atoms with Crippen LogP contribution in [0.4, 0.5) is 0 Å². The number of piperazine rings is 1. The Bertz CT molecular complexity index is 1180. The first-order chi connectivity index (χ1) is 16.5. The molecule has 34 heavy (non-hydrogen) atoms. The summed E-state index contributed by atoms with van der Waals surface area (Å²) < 4.78 is 0. The van der Waals surface area contributed by atoms with Crippen LogP contribution < -0.4 is 0 Å². The summed E-state index contributed by atoms with van der Waals surface area (Å²) in [6.07, 6.45) is 0.978. The average molecular weight is 494 g/mol. The maximum absolute atomic E-state index is 13.3. The van der Waals surface area contributed by atoms with Gasteiger partial charge in [0.25, 0.3) is 5.91 Å². The molecule has 0 bridgehead atoms. The first kappa shape index (κ1) is 23.1. The molecule has 2 aliphatic rings. The van der Waals surface area contributed by atoms with Crippen LogP contribution in [0.3, 0.4) is 0 Å². The molecule has 0 radical (unpaired) electrons. The predicted molar refractivity (Wildman–Crippen MR) is 137 cm³/mol. The molecule has 0 unspecified atom stereocenters. The molecule has 176 valence electrons. The van der Waals surface area contributed by atoms with Crippen molar-refractivity contribution in [3.8, 4) is 0 Å². The molecule has 0 N–H and O–H groups in total. The van der Waals surface area contributed by atoms with Gasteiger partial charge in [-0.1, -0.05) is 35.9 Å². The van der Waals surface area contributed by atoms with Crippen LogP contribution in [0.25, 0.3) is 0 Å². The Balaban J connectivity index is 1.26. The van der Waals surface area contributed by atoms with Crippen molar-refractivity contribution in [1.82, 2.24) is 14.7 Å². The number of amides is 2. The van der Waals surface area contributed by atoms with Gasteiger partial charge in [0, 0.05) is 48.2 Å². The van der Waals surface area contributed by atoms with Crippen LogP contribution in [0.5, 0.6) is 0 Å². The van der Waals surface area contributed by atoms with Gasteiger partial charge in [0.15, 0.2) is 0 Å². The zero-order chi connectivity index (χ0) is 23.7. The van der Waals surface area contributed by atoms with Gasteiger partial charge < -0.3 is 9.80 Å². The molecule has 1 saturated heterocycles. The Hall–Kier alpha value is -2.67. The van der Waals surface area contributed by atoms with E-state index in [1.165, 1.54) is 21.6 Å². The zero-order valence-corrected chi connectivity index (χ0v) is 20.8. The van der Waals surface area contributed by atoms with E-state index in [0.717, 1.165) is 13.0 Å². The molecular weight excluding hydrogens is 466 g/mol. The highest BCUT2D eigenvalue weighted by Gasteiger charge is 2.33. The van der Waals surface area contributed by atoms with Crippen molar-refractivity contribution in [3.63, 3.8) is 0 Å². The van der Waals surface area contributed by atoms with Crippen LogP contribution in [0.15, 0.2) is 60.0 Å². The Morgan fingerprint density at radius 2 is 1.62 bits per heavy atom. The molecule has 5 rings (SSSR count). The van der Waals surface area contributed by atoms with Crippen LogP contribution in [0.1, 0.15) is 38.0 Å². The Morgan fingerprint density at radius 1 is 0.912 bits per heavy atom. The van der Waals surface area contributed by atoms with E-state index < -0.39 is 0 Å². The topological polar surface area (TPSA) is 43.9 Å². The van der Waals surface area contributed by atoms with Crippen molar-refractivity contribution >= 4 is 34.8 Å². The van der Waals surface area contributed by atoms with Crippen molar-refractivity contribution in [2.45, 2.75) is 19.4 Å². The molecule has 7 heteroatoms. The second-order valence-electron chi connectivity index (χ2n) is 8.96. The highest BCUT2D eigenvalue weighted by Crippen LogP contribution is 2.38. The summed E-state index contributed by atoms with van der Waals surface area (Å²) in [6.45, 7) is 5.61. The van der Waals surface area contributed by atoms with Gasteiger partial charge >= 0.3 is 0 Å². The number of hydrogen-bond donors (Lipinski definition) is 0. The highest BCUT2D eigenvalue weighted by atomic mass is 35.5. The molecule has 2 aliphatic heterocycles. The third-order valence-electron chi connectivity index (χ3n) is 6.90. The van der Waals surface area contributed by atoms with E-state index in [0.29, 0.717) is 43.3 Å². The van der Waals surface area contributed by atoms with Crippen LogP contribution in [-0.4, -0.2) is 65.8 Å². The van der Waals surface area contributed by atoms with E-state index in [1.54, 1.807) is 24.3 Å². The van der Waals surface area contributed by atoms with E-state index in [2.05, 4.69) is 47.5 Å². The van der Waals surface area contributed by atoms with Crippen LogP contribution in [0, 0.1) is 6.92 Å². The summed E-state index contributed by atoms with van der Waals surface area (Å²) in [4.78, 5) is 33.6. The van der Waals surface area contributed by atoms with Crippen LogP contribution in [-0.2, 0) is 11.2 Å². The van der Waals surface area contributed by atoms with Crippen molar-refractivity contribution in [2.24, 2.45) is 0 Å². The molecule has 1 atom stereocenters. The molecule has 2 amide bonds. The number of thiophene rings is 1. The number of aryl methyl sites for hydroxylation is 1. The van der Waals surface area contributed by atoms with E-state index in [4.69, 9.17) is 11.6 Å². The number of carbonyl (C=O) groups excluding carboxylic acids is 2. The molecule has 3 aromatic rings. The van der Waals surface area contributed by atoms with Gasteiger partial charge in [-0.15, -0.1) is 11.3 Å². The van der Waals surface area contributed by atoms with Gasteiger partial charge in [-0.05, 0) is 65.7 Å². The van der Waals surface area contributed by atoms with Gasteiger partial charge in [0.05, 0.1) is 12.6 Å². The zero-order valence-electron chi connectivity index (χ0n) is 19.2. The third-order valence-corrected chi connectivity index (χ3v) is 8.15. The fraction of sp³-hybridized carbons (Fsp3) is 0.333. The maximum Gasteiger partial charge on any atom is 0.253 e. The van der Waals surface area contributed by atoms with E-state index in [1.807, 2.05) is 21.1 Å². The second kappa shape index (κ2) is 9.90. The minimum Gasteiger partial charge on any atom is -0.338 e. The molecule has 0 saturated carbocycles. The van der Waals surface area contributed by atoms with Gasteiger partial charge in [-0.2, -0.15) is 0 Å². The minimum atomic E-state index is -0.00981. The highest BCUT2D eigenvalue weighted by molar-refractivity contribution is 7.10. The number of halogens is 1. The van der Waals surface area contributed by atoms with E-state index in [9.17, 15) is 9.59 Å². The quantitative estimate of drug-likeness (QED) is 0.531. The second-order valence-corrected chi connectivity index (χ2v) is 10.4. The van der Waals surface area contributed by atoms with Crippen LogP contribution in [0.2, 0.25) is 5.02 Å². The number of nitrogens with zero attached hydrogens (tertiary/aromatic N) is 3. The van der Waals surface area contributed by atoms with Gasteiger partial charge in [0.2, 0.25) is 5.91 Å². The number of benzene rings is 2. The lowest BCUT2D eigenvalue weighted by atomic mass is 9.90. The fourth-order valence-electron chi connectivity index (χ4n) is 5.00. The lowest BCUT2D eigenvalue weighted by molar-refractivity contribution is -0.134. The minimum absolute atomic E-state index is 0.00981. The standard InChI is InChI=1S/C27H28ClN3O2S/c1-19-4-2-3-5-22(19)26-23-11-17-34-24(23)10-12-31(26)18-25(32)29-13-15-30(16-14-29)27(33)20-6-8-21(28)9-7-20/h2-9,11,17,26H,10,12-16,18H2,1H3/t26-/m1/s1. The number of hydrogen-bond acceptors (Lipinski definition) is 4. The number of rotatable bonds is 4. The molecular formula is C27H28ClN3O2S. The normalized spacial score (nSPS) is 18.6. The molecule has 5 nitrogen and oxygen atoms in total. The lowest BCUT2D eigenvalue weighted by Crippen LogP contribution is -2.53. The van der Waals surface area contributed by atoms with Crippen molar-refractivity contribution < 1.29 is 9.59 Å². The number of fused-ring (bicyclic) bond motifs is 1. The summed E-state index contributed by atoms with van der Waals surface area (Å²) in [6, 6.07) is 17.8. The average Bonchev–Trinajstić information content (AvgIpc) is 3.34. The van der Waals surface area contributed by atoms with Crippen molar-refractivity contribution in [2.75, 3.05) is 39.3 Å². The Morgan fingerprint density at radius 3 is 2.35 bits per heavy atom. The van der Waals surface area contributed by atoms with Gasteiger partial charge in [0.1, 0.15) is 0 Å². The van der Waals surface area contributed by atoms with Gasteiger partial charge in [-0.25, -0.2) is 0 Å². The smallest absolute Gasteiger partial charge is 0.253 e. The van der Waals surface area contributed by atoms with Crippen molar-refractivity contribution in [1.29, 1.82) is 0 Å². The molecule has 3 heterocycles. The third kappa shape index (κ3) is 4.63. The summed E-state index contributed by atoms with van der Waals surface area (Å²) in [5.41, 5.74) is 4.48. The summed E-state index contributed by atoms with van der Waals surface area (Å²) >= 11 is 7.76. The van der Waals surface area contributed by atoms with Crippen LogP contribution >= 0.6 is 22.9 Å². The van der Waals surface area contributed by atoms with E-state index in [-0.39, 0.29) is 17.9 Å². The first-order valence-electron chi connectivity index (χ1n) is 11.7. The monoisotopic (exact) mass is 493 g/mol. The fourth-order valence-corrected chi connectivity index (χ4v) is 6.03. The van der Waals surface area contributed by atoms with Crippen molar-refractivity contribution in [3.05, 3.63) is 92.1 Å².